The normalized spacial score (nSPS) is 12.1. The van der Waals surface area contributed by atoms with Crippen molar-refractivity contribution in [2.45, 2.75) is 19.5 Å². The van der Waals surface area contributed by atoms with Gasteiger partial charge in [0.15, 0.2) is 0 Å². The van der Waals surface area contributed by atoms with Crippen LogP contribution in [-0.2, 0) is 13.6 Å². The maximum absolute atomic E-state index is 12.3. The average molecular weight is 310 g/mol. The topological polar surface area (TPSA) is 77.6 Å². The largest absolute Gasteiger partial charge is 0.348 e. The van der Waals surface area contributed by atoms with E-state index < -0.39 is 0 Å². The fraction of sp³-hybridized carbons (Fsp3) is 0.250. The van der Waals surface area contributed by atoms with Crippen LogP contribution in [0.4, 0.5) is 0 Å². The lowest BCUT2D eigenvalue weighted by atomic mass is 10.1. The third-order valence-corrected chi connectivity index (χ3v) is 3.53. The van der Waals surface area contributed by atoms with E-state index in [9.17, 15) is 4.79 Å². The Morgan fingerprint density at radius 2 is 2.09 bits per heavy atom. The number of hydrogen-bond acceptors (Lipinski definition) is 4. The minimum atomic E-state index is -0.107. The Kier molecular flexibility index (Phi) is 4.18. The van der Waals surface area contributed by atoms with Crippen LogP contribution in [0.5, 0.6) is 0 Å². The van der Waals surface area contributed by atoms with Crippen molar-refractivity contribution in [1.82, 2.24) is 29.6 Å². The van der Waals surface area contributed by atoms with E-state index in [-0.39, 0.29) is 11.9 Å². The zero-order chi connectivity index (χ0) is 16.2. The van der Waals surface area contributed by atoms with Gasteiger partial charge in [0.25, 0.3) is 5.91 Å². The van der Waals surface area contributed by atoms with Gasteiger partial charge < -0.3 is 9.88 Å². The smallest absolute Gasteiger partial charge is 0.251 e. The van der Waals surface area contributed by atoms with Crippen LogP contribution in [0, 0.1) is 0 Å². The van der Waals surface area contributed by atoms with Gasteiger partial charge in [-0.2, -0.15) is 5.10 Å². The number of carbonyl (C=O) groups is 1. The van der Waals surface area contributed by atoms with E-state index in [2.05, 4.69) is 20.4 Å². The molecule has 0 fully saturated rings. The molecule has 2 aromatic heterocycles. The first-order valence-corrected chi connectivity index (χ1v) is 7.34. The number of hydrogen-bond donors (Lipinski definition) is 1. The standard InChI is InChI=1S/C16H18N6O/c1-12(9-22-11-17-10-19-22)20-16(23)14-5-3-13(4-6-14)15-18-7-8-21(15)2/h3-8,10-12H,9H2,1-2H3,(H,20,23)/t12-/m1/s1. The number of nitrogens with one attached hydrogen (secondary N) is 1. The van der Waals surface area contributed by atoms with E-state index in [0.717, 1.165) is 11.4 Å². The molecule has 0 spiro atoms. The second kappa shape index (κ2) is 6.43. The fourth-order valence-corrected chi connectivity index (χ4v) is 2.37. The Labute approximate surface area is 134 Å². The molecule has 0 saturated heterocycles. The number of nitrogens with zero attached hydrogens (tertiary/aromatic N) is 5. The molecule has 1 amide bonds. The van der Waals surface area contributed by atoms with Gasteiger partial charge in [-0.25, -0.2) is 9.97 Å². The summed E-state index contributed by atoms with van der Waals surface area (Å²) >= 11 is 0. The number of carbonyl (C=O) groups excluding carboxylic acids is 1. The van der Waals surface area contributed by atoms with Crippen LogP contribution in [0.15, 0.2) is 49.3 Å². The number of rotatable bonds is 5. The molecule has 23 heavy (non-hydrogen) atoms. The van der Waals surface area contributed by atoms with Crippen molar-refractivity contribution in [3.05, 3.63) is 54.9 Å². The summed E-state index contributed by atoms with van der Waals surface area (Å²) in [5, 5.41) is 6.98. The summed E-state index contributed by atoms with van der Waals surface area (Å²) in [7, 11) is 1.94. The molecule has 1 aromatic carbocycles. The summed E-state index contributed by atoms with van der Waals surface area (Å²) in [5.74, 6) is 0.764. The highest BCUT2D eigenvalue weighted by atomic mass is 16.1. The summed E-state index contributed by atoms with van der Waals surface area (Å²) in [6.45, 7) is 2.51. The van der Waals surface area contributed by atoms with Gasteiger partial charge in [0.1, 0.15) is 18.5 Å². The molecular weight excluding hydrogens is 292 g/mol. The number of aryl methyl sites for hydroxylation is 1. The minimum Gasteiger partial charge on any atom is -0.348 e. The molecule has 0 aliphatic heterocycles. The molecule has 7 heteroatoms. The maximum Gasteiger partial charge on any atom is 0.251 e. The molecule has 0 unspecified atom stereocenters. The van der Waals surface area contributed by atoms with E-state index in [1.54, 1.807) is 17.2 Å². The lowest BCUT2D eigenvalue weighted by molar-refractivity contribution is 0.0936. The van der Waals surface area contributed by atoms with E-state index >= 15 is 0 Å². The van der Waals surface area contributed by atoms with Gasteiger partial charge >= 0.3 is 0 Å². The van der Waals surface area contributed by atoms with Gasteiger partial charge in [-0.05, 0) is 19.1 Å². The molecule has 0 saturated carbocycles. The number of imidazole rings is 1. The molecule has 0 aliphatic carbocycles. The summed E-state index contributed by atoms with van der Waals surface area (Å²) in [4.78, 5) is 20.5. The Bertz CT molecular complexity index is 775. The summed E-state index contributed by atoms with van der Waals surface area (Å²) in [6.07, 6.45) is 6.75. The predicted octanol–water partition coefficient (Wildman–Crippen LogP) is 1.50. The van der Waals surface area contributed by atoms with Crippen molar-refractivity contribution in [3.8, 4) is 11.4 Å². The highest BCUT2D eigenvalue weighted by molar-refractivity contribution is 5.94. The highest BCUT2D eigenvalue weighted by Gasteiger charge is 2.11. The van der Waals surface area contributed by atoms with Gasteiger partial charge in [0.2, 0.25) is 0 Å². The lowest BCUT2D eigenvalue weighted by Gasteiger charge is -2.13. The molecule has 3 rings (SSSR count). The first-order valence-electron chi connectivity index (χ1n) is 7.34. The van der Waals surface area contributed by atoms with Crippen LogP contribution >= 0.6 is 0 Å². The van der Waals surface area contributed by atoms with Crippen molar-refractivity contribution in [2.24, 2.45) is 7.05 Å². The quantitative estimate of drug-likeness (QED) is 0.774. The van der Waals surface area contributed by atoms with Crippen molar-refractivity contribution in [3.63, 3.8) is 0 Å². The highest BCUT2D eigenvalue weighted by Crippen LogP contribution is 2.17. The average Bonchev–Trinajstić information content (AvgIpc) is 3.19. The zero-order valence-electron chi connectivity index (χ0n) is 13.0. The van der Waals surface area contributed by atoms with Gasteiger partial charge in [-0.1, -0.05) is 12.1 Å². The van der Waals surface area contributed by atoms with Gasteiger partial charge in [0, 0.05) is 36.6 Å². The molecule has 7 nitrogen and oxygen atoms in total. The molecule has 118 valence electrons. The van der Waals surface area contributed by atoms with Crippen LogP contribution in [0.3, 0.4) is 0 Å². The third kappa shape index (κ3) is 3.45. The lowest BCUT2D eigenvalue weighted by Crippen LogP contribution is -2.35. The Morgan fingerprint density at radius 1 is 1.30 bits per heavy atom. The second-order valence-corrected chi connectivity index (χ2v) is 5.43. The first kappa shape index (κ1) is 15.0. The second-order valence-electron chi connectivity index (χ2n) is 5.43. The molecule has 0 radical (unpaired) electrons. The molecule has 3 aromatic rings. The SMILES string of the molecule is C[C@H](Cn1cncn1)NC(=O)c1ccc(-c2nccn2C)cc1. The number of benzene rings is 1. The molecule has 2 heterocycles. The van der Waals surface area contributed by atoms with E-state index in [1.807, 2.05) is 49.0 Å². The van der Waals surface area contributed by atoms with Crippen LogP contribution in [0.25, 0.3) is 11.4 Å². The maximum atomic E-state index is 12.3. The monoisotopic (exact) mass is 310 g/mol. The number of aromatic nitrogens is 5. The van der Waals surface area contributed by atoms with E-state index in [1.165, 1.54) is 6.33 Å². The summed E-state index contributed by atoms with van der Waals surface area (Å²) in [6, 6.07) is 7.38. The fourth-order valence-electron chi connectivity index (χ4n) is 2.37. The van der Waals surface area contributed by atoms with Crippen molar-refractivity contribution >= 4 is 5.91 Å². The summed E-state index contributed by atoms with van der Waals surface area (Å²) in [5.41, 5.74) is 1.60. The molecular formula is C16H18N6O. The molecule has 1 N–H and O–H groups in total. The minimum absolute atomic E-state index is 0.0431. The Hall–Kier alpha value is -2.96. The molecule has 0 aliphatic rings. The first-order chi connectivity index (χ1) is 11.1. The molecule has 0 bridgehead atoms. The predicted molar refractivity (Wildman–Crippen MR) is 85.6 cm³/mol. The van der Waals surface area contributed by atoms with Crippen LogP contribution in [-0.4, -0.2) is 36.3 Å². The Balaban J connectivity index is 1.65. The van der Waals surface area contributed by atoms with Crippen LogP contribution in [0.2, 0.25) is 0 Å². The van der Waals surface area contributed by atoms with Crippen molar-refractivity contribution in [2.75, 3.05) is 0 Å². The van der Waals surface area contributed by atoms with Gasteiger partial charge in [-0.3, -0.25) is 9.48 Å². The third-order valence-electron chi connectivity index (χ3n) is 3.53. The summed E-state index contributed by atoms with van der Waals surface area (Å²) < 4.78 is 3.63. The van der Waals surface area contributed by atoms with Gasteiger partial charge in [0.05, 0.1) is 6.54 Å². The van der Waals surface area contributed by atoms with E-state index in [0.29, 0.717) is 12.1 Å². The van der Waals surface area contributed by atoms with Crippen LogP contribution < -0.4 is 5.32 Å². The van der Waals surface area contributed by atoms with E-state index in [4.69, 9.17) is 0 Å². The van der Waals surface area contributed by atoms with Crippen molar-refractivity contribution < 1.29 is 4.79 Å². The van der Waals surface area contributed by atoms with Crippen LogP contribution in [0.1, 0.15) is 17.3 Å². The molecule has 1 atom stereocenters. The van der Waals surface area contributed by atoms with Crippen molar-refractivity contribution in [1.29, 1.82) is 0 Å². The zero-order valence-corrected chi connectivity index (χ0v) is 13.0. The Morgan fingerprint density at radius 3 is 2.70 bits per heavy atom. The number of amides is 1. The van der Waals surface area contributed by atoms with Gasteiger partial charge in [-0.15, -0.1) is 0 Å².